The van der Waals surface area contributed by atoms with E-state index in [9.17, 15) is 14.7 Å². The van der Waals surface area contributed by atoms with Crippen molar-refractivity contribution < 1.29 is 28.9 Å². The van der Waals surface area contributed by atoms with Crippen LogP contribution in [0, 0.1) is 0 Å². The van der Waals surface area contributed by atoms with Gasteiger partial charge in [0.2, 0.25) is 6.29 Å². The molecule has 1 fully saturated rings. The minimum Gasteiger partial charge on any atom is -0.507 e. The number of hydrogen-bond acceptors (Lipinski definition) is 6. The first kappa shape index (κ1) is 14.3. The van der Waals surface area contributed by atoms with Gasteiger partial charge in [0, 0.05) is 12.5 Å². The van der Waals surface area contributed by atoms with Gasteiger partial charge in [-0.25, -0.2) is 4.79 Å². The summed E-state index contributed by atoms with van der Waals surface area (Å²) in [4.78, 5) is 22.0. The molecule has 1 aromatic carbocycles. The highest BCUT2D eigenvalue weighted by Gasteiger charge is 2.29. The van der Waals surface area contributed by atoms with E-state index < -0.39 is 18.4 Å². The lowest BCUT2D eigenvalue weighted by molar-refractivity contribution is -0.183. The van der Waals surface area contributed by atoms with Crippen molar-refractivity contribution in [3.8, 4) is 11.5 Å². The van der Waals surface area contributed by atoms with E-state index in [1.54, 1.807) is 6.07 Å². The van der Waals surface area contributed by atoms with Gasteiger partial charge in [-0.05, 0) is 25.0 Å². The van der Waals surface area contributed by atoms with E-state index in [1.165, 1.54) is 19.2 Å². The first-order chi connectivity index (χ1) is 9.63. The third-order valence-corrected chi connectivity index (χ3v) is 3.08. The molecule has 20 heavy (non-hydrogen) atoms. The molecule has 0 radical (unpaired) electrons. The number of phenolic OH excluding ortho intramolecular Hbond substituents is 1. The van der Waals surface area contributed by atoms with Crippen LogP contribution in [0.25, 0.3) is 0 Å². The number of methoxy groups -OCH3 is 1. The molecule has 0 amide bonds. The molecule has 1 heterocycles. The molecule has 0 unspecified atom stereocenters. The predicted molar refractivity (Wildman–Crippen MR) is 68.7 cm³/mol. The largest absolute Gasteiger partial charge is 0.507 e. The Labute approximate surface area is 116 Å². The lowest BCUT2D eigenvalue weighted by Crippen LogP contribution is -2.37. The monoisotopic (exact) mass is 280 g/mol. The van der Waals surface area contributed by atoms with Gasteiger partial charge < -0.3 is 19.3 Å². The van der Waals surface area contributed by atoms with Crippen LogP contribution in [0.4, 0.5) is 0 Å². The second kappa shape index (κ2) is 6.38. The van der Waals surface area contributed by atoms with Crippen LogP contribution >= 0.6 is 0 Å². The maximum Gasteiger partial charge on any atom is 0.335 e. The Morgan fingerprint density at radius 1 is 1.45 bits per heavy atom. The molecule has 6 nitrogen and oxygen atoms in total. The molecule has 1 aliphatic heterocycles. The van der Waals surface area contributed by atoms with E-state index >= 15 is 0 Å². The first-order valence-electron chi connectivity index (χ1n) is 6.32. The molecule has 0 aromatic heterocycles. The molecular formula is C14H16O6. The molecule has 0 spiro atoms. The van der Waals surface area contributed by atoms with Crippen LogP contribution in [0.2, 0.25) is 0 Å². The summed E-state index contributed by atoms with van der Waals surface area (Å²) >= 11 is 0. The zero-order chi connectivity index (χ0) is 14.5. The summed E-state index contributed by atoms with van der Waals surface area (Å²) in [7, 11) is 1.31. The highest BCUT2D eigenvalue weighted by atomic mass is 16.7. The maximum atomic E-state index is 11.4. The Bertz CT molecular complexity index is 498. The van der Waals surface area contributed by atoms with Crippen LogP contribution in [0.5, 0.6) is 11.5 Å². The summed E-state index contributed by atoms with van der Waals surface area (Å²) < 4.78 is 15.7. The van der Waals surface area contributed by atoms with Crippen molar-refractivity contribution in [2.24, 2.45) is 0 Å². The van der Waals surface area contributed by atoms with Crippen molar-refractivity contribution in [1.29, 1.82) is 0 Å². The Kier molecular flexibility index (Phi) is 4.57. The molecule has 0 bridgehead atoms. The van der Waals surface area contributed by atoms with Gasteiger partial charge in [-0.1, -0.05) is 0 Å². The number of rotatable bonds is 4. The van der Waals surface area contributed by atoms with Gasteiger partial charge in [-0.3, -0.25) is 4.79 Å². The van der Waals surface area contributed by atoms with Crippen molar-refractivity contribution in [3.05, 3.63) is 23.8 Å². The SMILES string of the molecule is COC(=O)[C@@H]1CCC[C@H](Oc2ccc(C=O)c(O)c2)O1. The summed E-state index contributed by atoms with van der Waals surface area (Å²) in [6.07, 6.45) is 1.38. The van der Waals surface area contributed by atoms with Gasteiger partial charge >= 0.3 is 5.97 Å². The number of carbonyl (C=O) groups is 2. The average Bonchev–Trinajstić information content (AvgIpc) is 2.47. The molecule has 1 aromatic rings. The van der Waals surface area contributed by atoms with E-state index in [4.69, 9.17) is 9.47 Å². The predicted octanol–water partition coefficient (Wildman–Crippen LogP) is 1.65. The molecule has 0 aliphatic carbocycles. The zero-order valence-corrected chi connectivity index (χ0v) is 11.1. The fraction of sp³-hybridized carbons (Fsp3) is 0.429. The Hall–Kier alpha value is -2.08. The van der Waals surface area contributed by atoms with Crippen LogP contribution in [0.3, 0.4) is 0 Å². The zero-order valence-electron chi connectivity index (χ0n) is 11.1. The van der Waals surface area contributed by atoms with Crippen molar-refractivity contribution >= 4 is 12.3 Å². The third kappa shape index (κ3) is 3.27. The Morgan fingerprint density at radius 3 is 2.90 bits per heavy atom. The molecule has 2 rings (SSSR count). The van der Waals surface area contributed by atoms with E-state index in [0.717, 1.165) is 6.42 Å². The maximum absolute atomic E-state index is 11.4. The lowest BCUT2D eigenvalue weighted by Gasteiger charge is -2.28. The van der Waals surface area contributed by atoms with Crippen LogP contribution in [-0.4, -0.2) is 36.9 Å². The van der Waals surface area contributed by atoms with Crippen LogP contribution in [0.1, 0.15) is 29.6 Å². The van der Waals surface area contributed by atoms with Crippen molar-refractivity contribution in [3.63, 3.8) is 0 Å². The lowest BCUT2D eigenvalue weighted by atomic mass is 10.1. The highest BCUT2D eigenvalue weighted by molar-refractivity contribution is 5.79. The van der Waals surface area contributed by atoms with E-state index in [2.05, 4.69) is 4.74 Å². The molecule has 1 aliphatic rings. The molecule has 1 saturated heterocycles. The summed E-state index contributed by atoms with van der Waals surface area (Å²) in [5.74, 6) is -0.195. The number of ether oxygens (including phenoxy) is 3. The number of esters is 1. The van der Waals surface area contributed by atoms with Gasteiger partial charge in [-0.2, -0.15) is 0 Å². The minimum absolute atomic E-state index is 0.155. The van der Waals surface area contributed by atoms with Gasteiger partial charge in [0.05, 0.1) is 12.7 Å². The Balaban J connectivity index is 2.00. The van der Waals surface area contributed by atoms with Crippen LogP contribution in [0.15, 0.2) is 18.2 Å². The normalized spacial score (nSPS) is 22.1. The second-order valence-corrected chi connectivity index (χ2v) is 4.46. The number of hydrogen-bond donors (Lipinski definition) is 1. The average molecular weight is 280 g/mol. The second-order valence-electron chi connectivity index (χ2n) is 4.46. The van der Waals surface area contributed by atoms with Gasteiger partial charge in [0.25, 0.3) is 0 Å². The standard InChI is InChI=1S/C14H16O6/c1-18-14(17)12-3-2-4-13(20-12)19-10-6-5-9(8-15)11(16)7-10/h5-8,12-13,16H,2-4H2,1H3/t12-,13+/m0/s1. The fourth-order valence-electron chi connectivity index (χ4n) is 2.03. The number of phenols is 1. The van der Waals surface area contributed by atoms with E-state index in [1.807, 2.05) is 0 Å². The first-order valence-corrected chi connectivity index (χ1v) is 6.32. The van der Waals surface area contributed by atoms with Crippen LogP contribution < -0.4 is 4.74 Å². The van der Waals surface area contributed by atoms with E-state index in [0.29, 0.717) is 24.9 Å². The molecule has 0 saturated carbocycles. The molecule has 1 N–H and O–H groups in total. The minimum atomic E-state index is -0.624. The summed E-state index contributed by atoms with van der Waals surface area (Å²) in [5, 5.41) is 9.57. The number of carbonyl (C=O) groups excluding carboxylic acids is 2. The molecule has 2 atom stereocenters. The molecule has 6 heteroatoms. The third-order valence-electron chi connectivity index (χ3n) is 3.08. The smallest absolute Gasteiger partial charge is 0.335 e. The van der Waals surface area contributed by atoms with Gasteiger partial charge in [0.1, 0.15) is 11.5 Å². The van der Waals surface area contributed by atoms with Gasteiger partial charge in [-0.15, -0.1) is 0 Å². The fourth-order valence-corrected chi connectivity index (χ4v) is 2.03. The van der Waals surface area contributed by atoms with Crippen molar-refractivity contribution in [2.45, 2.75) is 31.7 Å². The molecule has 108 valence electrons. The quantitative estimate of drug-likeness (QED) is 0.667. The number of benzene rings is 1. The summed E-state index contributed by atoms with van der Waals surface area (Å²) in [5.41, 5.74) is 0.189. The number of aldehydes is 1. The highest BCUT2D eigenvalue weighted by Crippen LogP contribution is 2.27. The number of aromatic hydroxyl groups is 1. The van der Waals surface area contributed by atoms with Crippen molar-refractivity contribution in [1.82, 2.24) is 0 Å². The summed E-state index contributed by atoms with van der Waals surface area (Å²) in [6.45, 7) is 0. The summed E-state index contributed by atoms with van der Waals surface area (Å²) in [6, 6.07) is 4.36. The van der Waals surface area contributed by atoms with E-state index in [-0.39, 0.29) is 11.3 Å². The Morgan fingerprint density at radius 2 is 2.25 bits per heavy atom. The topological polar surface area (TPSA) is 82.1 Å². The molecular weight excluding hydrogens is 264 g/mol. The van der Waals surface area contributed by atoms with Crippen LogP contribution in [-0.2, 0) is 14.3 Å². The van der Waals surface area contributed by atoms with Gasteiger partial charge in [0.15, 0.2) is 12.4 Å². The van der Waals surface area contributed by atoms with Crippen molar-refractivity contribution in [2.75, 3.05) is 7.11 Å².